The molecular formula is C14H9BrFN3O2. The van der Waals surface area contributed by atoms with Gasteiger partial charge in [-0.3, -0.25) is 10.1 Å². The molecule has 0 radical (unpaired) electrons. The lowest BCUT2D eigenvalue weighted by atomic mass is 10.2. The lowest BCUT2D eigenvalue weighted by Gasteiger charge is -2.08. The van der Waals surface area contributed by atoms with Crippen LogP contribution in [0.25, 0.3) is 0 Å². The molecule has 0 unspecified atom stereocenters. The van der Waals surface area contributed by atoms with Gasteiger partial charge in [0.1, 0.15) is 5.82 Å². The number of nitro groups is 1. The minimum atomic E-state index is -0.543. The molecule has 0 aliphatic carbocycles. The Balaban J connectivity index is 2.17. The Morgan fingerprint density at radius 3 is 2.71 bits per heavy atom. The van der Waals surface area contributed by atoms with Crippen molar-refractivity contribution in [1.29, 1.82) is 5.26 Å². The van der Waals surface area contributed by atoms with Crippen LogP contribution in [-0.2, 0) is 6.54 Å². The third-order valence-corrected chi connectivity index (χ3v) is 3.19. The van der Waals surface area contributed by atoms with Crippen molar-refractivity contribution < 1.29 is 9.31 Å². The van der Waals surface area contributed by atoms with Crippen molar-refractivity contribution in [2.75, 3.05) is 5.32 Å². The van der Waals surface area contributed by atoms with Gasteiger partial charge in [-0.05, 0) is 29.8 Å². The highest BCUT2D eigenvalue weighted by atomic mass is 79.9. The average molecular weight is 350 g/mol. The summed E-state index contributed by atoms with van der Waals surface area (Å²) in [5.74, 6) is -0.543. The standard InChI is InChI=1S/C14H9BrFN3O2/c15-11-3-10(4-12(6-11)19(20)21)8-18-14-2-1-9(7-17)5-13(14)16/h1-6,18H,8H2. The maximum absolute atomic E-state index is 13.7. The van der Waals surface area contributed by atoms with E-state index in [2.05, 4.69) is 21.2 Å². The minimum absolute atomic E-state index is 0.0403. The number of non-ortho nitro benzene ring substituents is 1. The van der Waals surface area contributed by atoms with E-state index in [0.717, 1.165) is 6.07 Å². The molecule has 0 heterocycles. The molecule has 0 fully saturated rings. The summed E-state index contributed by atoms with van der Waals surface area (Å²) in [5, 5.41) is 22.3. The Hall–Kier alpha value is -2.46. The molecule has 2 aromatic carbocycles. The highest BCUT2D eigenvalue weighted by Gasteiger charge is 2.09. The zero-order chi connectivity index (χ0) is 15.4. The number of rotatable bonds is 4. The fourth-order valence-electron chi connectivity index (χ4n) is 1.77. The first-order valence-electron chi connectivity index (χ1n) is 5.87. The second-order valence-electron chi connectivity index (χ2n) is 4.23. The highest BCUT2D eigenvalue weighted by Crippen LogP contribution is 2.23. The molecule has 0 aromatic heterocycles. The van der Waals surface area contributed by atoms with Crippen LogP contribution < -0.4 is 5.32 Å². The molecule has 2 aromatic rings. The number of hydrogen-bond donors (Lipinski definition) is 1. The van der Waals surface area contributed by atoms with Crippen LogP contribution in [0.15, 0.2) is 40.9 Å². The van der Waals surface area contributed by atoms with Gasteiger partial charge >= 0.3 is 0 Å². The van der Waals surface area contributed by atoms with Gasteiger partial charge in [-0.1, -0.05) is 15.9 Å². The summed E-state index contributed by atoms with van der Waals surface area (Å²) in [5.41, 5.74) is 1.06. The van der Waals surface area contributed by atoms with Crippen LogP contribution in [0.2, 0.25) is 0 Å². The quantitative estimate of drug-likeness (QED) is 0.668. The zero-order valence-corrected chi connectivity index (χ0v) is 12.2. The van der Waals surface area contributed by atoms with E-state index in [1.165, 1.54) is 24.3 Å². The predicted molar refractivity (Wildman–Crippen MR) is 79.2 cm³/mol. The third-order valence-electron chi connectivity index (χ3n) is 2.73. The van der Waals surface area contributed by atoms with Crippen molar-refractivity contribution in [3.05, 3.63) is 67.9 Å². The molecule has 7 heteroatoms. The van der Waals surface area contributed by atoms with Crippen LogP contribution in [-0.4, -0.2) is 4.92 Å². The third kappa shape index (κ3) is 3.77. The van der Waals surface area contributed by atoms with E-state index in [1.807, 2.05) is 6.07 Å². The summed E-state index contributed by atoms with van der Waals surface area (Å²) in [4.78, 5) is 10.3. The van der Waals surface area contributed by atoms with E-state index >= 15 is 0 Å². The van der Waals surface area contributed by atoms with Crippen LogP contribution in [0, 0.1) is 27.3 Å². The predicted octanol–water partition coefficient (Wildman–Crippen LogP) is 3.98. The van der Waals surface area contributed by atoms with Crippen molar-refractivity contribution in [1.82, 2.24) is 0 Å². The van der Waals surface area contributed by atoms with E-state index in [-0.39, 0.29) is 23.5 Å². The fraction of sp³-hybridized carbons (Fsp3) is 0.0714. The Labute approximate surface area is 128 Å². The molecule has 5 nitrogen and oxygen atoms in total. The minimum Gasteiger partial charge on any atom is -0.379 e. The van der Waals surface area contributed by atoms with Crippen molar-refractivity contribution >= 4 is 27.3 Å². The SMILES string of the molecule is N#Cc1ccc(NCc2cc(Br)cc([N+](=O)[O-])c2)c(F)c1. The molecule has 0 atom stereocenters. The molecule has 106 valence electrons. The Bertz CT molecular complexity index is 743. The fourth-order valence-corrected chi connectivity index (χ4v) is 2.29. The first-order chi connectivity index (χ1) is 9.99. The number of benzene rings is 2. The summed E-state index contributed by atoms with van der Waals surface area (Å²) in [6.07, 6.45) is 0. The number of nitriles is 1. The van der Waals surface area contributed by atoms with Crippen LogP contribution >= 0.6 is 15.9 Å². The summed E-state index contributed by atoms with van der Waals surface area (Å²) in [6, 6.07) is 10.5. The number of hydrogen-bond acceptors (Lipinski definition) is 4. The summed E-state index contributed by atoms with van der Waals surface area (Å²) in [6.45, 7) is 0.225. The van der Waals surface area contributed by atoms with Crippen LogP contribution in [0.1, 0.15) is 11.1 Å². The van der Waals surface area contributed by atoms with Gasteiger partial charge in [0.15, 0.2) is 0 Å². The van der Waals surface area contributed by atoms with Gasteiger partial charge in [-0.15, -0.1) is 0 Å². The normalized spacial score (nSPS) is 9.95. The number of halogens is 2. The maximum atomic E-state index is 13.7. The maximum Gasteiger partial charge on any atom is 0.270 e. The van der Waals surface area contributed by atoms with Crippen LogP contribution in [0.5, 0.6) is 0 Å². The van der Waals surface area contributed by atoms with Gasteiger partial charge in [-0.2, -0.15) is 5.26 Å². The Kier molecular flexibility index (Phi) is 4.50. The molecule has 21 heavy (non-hydrogen) atoms. The molecule has 0 aliphatic heterocycles. The molecule has 2 rings (SSSR count). The Morgan fingerprint density at radius 1 is 1.33 bits per heavy atom. The van der Waals surface area contributed by atoms with Crippen molar-refractivity contribution in [3.63, 3.8) is 0 Å². The molecule has 0 spiro atoms. The number of nitrogens with zero attached hydrogens (tertiary/aromatic N) is 2. The molecule has 0 saturated heterocycles. The van der Waals surface area contributed by atoms with Crippen LogP contribution in [0.4, 0.5) is 15.8 Å². The van der Waals surface area contributed by atoms with E-state index < -0.39 is 10.7 Å². The largest absolute Gasteiger partial charge is 0.379 e. The van der Waals surface area contributed by atoms with E-state index in [0.29, 0.717) is 10.0 Å². The second kappa shape index (κ2) is 6.33. The van der Waals surface area contributed by atoms with Gasteiger partial charge in [0, 0.05) is 23.2 Å². The first-order valence-corrected chi connectivity index (χ1v) is 6.66. The number of nitrogens with one attached hydrogen (secondary N) is 1. The molecule has 1 N–H and O–H groups in total. The van der Waals surface area contributed by atoms with E-state index in [1.54, 1.807) is 6.07 Å². The lowest BCUT2D eigenvalue weighted by molar-refractivity contribution is -0.385. The van der Waals surface area contributed by atoms with Crippen molar-refractivity contribution in [3.8, 4) is 6.07 Å². The summed E-state index contributed by atoms with van der Waals surface area (Å²) in [7, 11) is 0. The van der Waals surface area contributed by atoms with Crippen molar-refractivity contribution in [2.24, 2.45) is 0 Å². The van der Waals surface area contributed by atoms with Gasteiger partial charge in [0.25, 0.3) is 5.69 Å². The van der Waals surface area contributed by atoms with E-state index in [9.17, 15) is 14.5 Å². The summed E-state index contributed by atoms with van der Waals surface area (Å²) < 4.78 is 14.3. The second-order valence-corrected chi connectivity index (χ2v) is 5.15. The van der Waals surface area contributed by atoms with Gasteiger partial charge in [0.2, 0.25) is 0 Å². The number of nitro benzene ring substituents is 1. The first kappa shape index (κ1) is 14.9. The van der Waals surface area contributed by atoms with Crippen LogP contribution in [0.3, 0.4) is 0 Å². The van der Waals surface area contributed by atoms with Gasteiger partial charge in [-0.25, -0.2) is 4.39 Å². The highest BCUT2D eigenvalue weighted by molar-refractivity contribution is 9.10. The topological polar surface area (TPSA) is 79.0 Å². The molecule has 0 bridgehead atoms. The van der Waals surface area contributed by atoms with Gasteiger partial charge in [0.05, 0.1) is 22.2 Å². The monoisotopic (exact) mass is 349 g/mol. The van der Waals surface area contributed by atoms with Crippen molar-refractivity contribution in [2.45, 2.75) is 6.54 Å². The molecular weight excluding hydrogens is 341 g/mol. The Morgan fingerprint density at radius 2 is 2.10 bits per heavy atom. The van der Waals surface area contributed by atoms with Gasteiger partial charge < -0.3 is 5.32 Å². The number of anilines is 1. The smallest absolute Gasteiger partial charge is 0.270 e. The summed E-state index contributed by atoms with van der Waals surface area (Å²) >= 11 is 3.20. The molecule has 0 saturated carbocycles. The average Bonchev–Trinajstić information content (AvgIpc) is 2.45. The molecule has 0 aliphatic rings. The molecule has 0 amide bonds. The lowest BCUT2D eigenvalue weighted by Crippen LogP contribution is -2.02. The zero-order valence-electron chi connectivity index (χ0n) is 10.6. The van der Waals surface area contributed by atoms with E-state index in [4.69, 9.17) is 5.26 Å².